The summed E-state index contributed by atoms with van der Waals surface area (Å²) in [6.07, 6.45) is 0.574. The van der Waals surface area contributed by atoms with E-state index in [0.29, 0.717) is 5.02 Å². The number of carboxylic acid groups (broad SMARTS) is 1. The van der Waals surface area contributed by atoms with E-state index in [1.807, 2.05) is 24.3 Å². The van der Waals surface area contributed by atoms with Gasteiger partial charge in [-0.1, -0.05) is 35.1 Å². The molecule has 1 aromatic heterocycles. The van der Waals surface area contributed by atoms with Crippen molar-refractivity contribution in [2.45, 2.75) is 29.0 Å². The fourth-order valence-electron chi connectivity index (χ4n) is 6.55. The number of aromatic nitrogens is 1. The lowest BCUT2D eigenvalue weighted by Gasteiger charge is -2.43. The average Bonchev–Trinajstić information content (AvgIpc) is 3.47. The highest BCUT2D eigenvalue weighted by Crippen LogP contribution is 2.68. The van der Waals surface area contributed by atoms with Gasteiger partial charge in [-0.25, -0.2) is 0 Å². The Hall–Kier alpha value is -2.10. The number of carboxylic acids is 1. The lowest BCUT2D eigenvalue weighted by molar-refractivity contribution is -0.142. The van der Waals surface area contributed by atoms with Crippen molar-refractivity contribution >= 4 is 52.5 Å². The van der Waals surface area contributed by atoms with Crippen molar-refractivity contribution in [2.75, 3.05) is 6.54 Å². The van der Waals surface area contributed by atoms with Crippen LogP contribution in [0.4, 0.5) is 0 Å². The van der Waals surface area contributed by atoms with Crippen LogP contribution in [0.2, 0.25) is 5.02 Å². The summed E-state index contributed by atoms with van der Waals surface area (Å²) in [6.45, 7) is -0.0663. The fourth-order valence-corrected chi connectivity index (χ4v) is 9.56. The number of hydrogen-bond donors (Lipinski definition) is 2. The van der Waals surface area contributed by atoms with Crippen molar-refractivity contribution in [2.24, 2.45) is 29.6 Å². The Kier molecular flexibility index (Phi) is 4.61. The number of fused-ring (bicyclic) bond motifs is 9. The Morgan fingerprint density at radius 1 is 1.12 bits per heavy atom. The molecule has 1 saturated heterocycles. The molecule has 2 bridgehead atoms. The summed E-state index contributed by atoms with van der Waals surface area (Å²) >= 11 is 8.98. The van der Waals surface area contributed by atoms with Crippen molar-refractivity contribution in [3.05, 3.63) is 49.4 Å². The third kappa shape index (κ3) is 2.80. The molecule has 2 aliphatic heterocycles. The first-order chi connectivity index (χ1) is 15.3. The number of halogens is 1. The molecular weight excluding hydrogens is 472 g/mol. The highest BCUT2D eigenvalue weighted by Gasteiger charge is 2.69. The van der Waals surface area contributed by atoms with Gasteiger partial charge in [0.05, 0.1) is 23.3 Å². The number of carbonyl (C=O) groups excluding carboxylic acids is 2. The van der Waals surface area contributed by atoms with Crippen LogP contribution >= 0.6 is 34.7 Å². The average molecular weight is 491 g/mol. The van der Waals surface area contributed by atoms with Gasteiger partial charge in [-0.05, 0) is 41.9 Å². The minimum Gasteiger partial charge on any atom is -0.481 e. The standard InChI is InChI=1S/C22H19ClN2O5S2/c23-9-3-1-8(2-4-9)13-14-10-7-11(17(14)31-19-18(13)32-22(30)24-19)16-15(10)20(28)25(21(16)29)6-5-12(26)27/h1-4,10-11,13-17H,5-7H2,(H,24,30)(H,26,27)/t10-,11-,13-,14-,15+,16-,17-/m1/s1. The van der Waals surface area contributed by atoms with E-state index in [4.69, 9.17) is 16.7 Å². The quantitative estimate of drug-likeness (QED) is 0.638. The molecule has 7 atom stereocenters. The van der Waals surface area contributed by atoms with Crippen LogP contribution in [-0.2, 0) is 14.4 Å². The minimum atomic E-state index is -1.02. The molecule has 2 amide bonds. The first kappa shape index (κ1) is 20.5. The van der Waals surface area contributed by atoms with Crippen LogP contribution < -0.4 is 4.87 Å². The van der Waals surface area contributed by atoms with Gasteiger partial charge in [-0.3, -0.25) is 24.1 Å². The van der Waals surface area contributed by atoms with Crippen LogP contribution in [0.15, 0.2) is 34.1 Å². The van der Waals surface area contributed by atoms with Crippen LogP contribution in [0.25, 0.3) is 0 Å². The predicted molar refractivity (Wildman–Crippen MR) is 119 cm³/mol. The zero-order chi connectivity index (χ0) is 22.3. The zero-order valence-corrected chi connectivity index (χ0v) is 19.1. The first-order valence-electron chi connectivity index (χ1n) is 10.6. The van der Waals surface area contributed by atoms with E-state index >= 15 is 0 Å². The number of thioether (sulfide) groups is 1. The monoisotopic (exact) mass is 490 g/mol. The van der Waals surface area contributed by atoms with Gasteiger partial charge in [-0.2, -0.15) is 0 Å². The predicted octanol–water partition coefficient (Wildman–Crippen LogP) is 3.04. The minimum absolute atomic E-state index is 0.0276. The number of benzene rings is 1. The topological polar surface area (TPSA) is 108 Å². The number of imide groups is 1. The molecule has 2 saturated carbocycles. The summed E-state index contributed by atoms with van der Waals surface area (Å²) in [5.74, 6) is -2.08. The molecule has 10 heteroatoms. The third-order valence-electron chi connectivity index (χ3n) is 7.59. The number of amides is 2. The van der Waals surface area contributed by atoms with Crippen molar-refractivity contribution in [1.29, 1.82) is 0 Å². The molecular formula is C22H19ClN2O5S2. The van der Waals surface area contributed by atoms with Gasteiger partial charge in [-0.15, -0.1) is 11.8 Å². The Morgan fingerprint density at radius 2 is 1.81 bits per heavy atom. The van der Waals surface area contributed by atoms with E-state index in [9.17, 15) is 19.2 Å². The van der Waals surface area contributed by atoms with Crippen LogP contribution in [-0.4, -0.2) is 44.6 Å². The van der Waals surface area contributed by atoms with Crippen LogP contribution in [0.1, 0.15) is 29.2 Å². The summed E-state index contributed by atoms with van der Waals surface area (Å²) in [5, 5.41) is 10.6. The second-order valence-electron chi connectivity index (χ2n) is 8.98. The molecule has 3 fully saturated rings. The van der Waals surface area contributed by atoms with E-state index in [0.717, 1.165) is 21.9 Å². The van der Waals surface area contributed by atoms with Gasteiger partial charge in [0.15, 0.2) is 0 Å². The summed E-state index contributed by atoms with van der Waals surface area (Å²) < 4.78 is 0. The third-order valence-corrected chi connectivity index (χ3v) is 10.4. The van der Waals surface area contributed by atoms with Crippen LogP contribution in [0, 0.1) is 29.6 Å². The highest BCUT2D eigenvalue weighted by molar-refractivity contribution is 8.00. The number of thiazole rings is 1. The maximum Gasteiger partial charge on any atom is 0.305 e. The molecule has 1 aromatic carbocycles. The molecule has 6 rings (SSSR count). The van der Waals surface area contributed by atoms with Gasteiger partial charge in [0.25, 0.3) is 0 Å². The molecule has 0 unspecified atom stereocenters. The maximum atomic E-state index is 13.2. The van der Waals surface area contributed by atoms with Gasteiger partial charge in [0, 0.05) is 27.6 Å². The number of aliphatic carboxylic acids is 1. The Labute approximate surface area is 196 Å². The molecule has 0 radical (unpaired) electrons. The van der Waals surface area contributed by atoms with Crippen molar-refractivity contribution in [3.63, 3.8) is 0 Å². The number of hydrogen-bond acceptors (Lipinski definition) is 6. The van der Waals surface area contributed by atoms with Crippen molar-refractivity contribution in [1.82, 2.24) is 9.88 Å². The smallest absolute Gasteiger partial charge is 0.305 e. The van der Waals surface area contributed by atoms with Crippen LogP contribution in [0.3, 0.4) is 0 Å². The summed E-state index contributed by atoms with van der Waals surface area (Å²) in [7, 11) is 0. The molecule has 166 valence electrons. The first-order valence-corrected chi connectivity index (χ1v) is 12.6. The lowest BCUT2D eigenvalue weighted by Crippen LogP contribution is -2.42. The number of rotatable bonds is 4. The van der Waals surface area contributed by atoms with Crippen molar-refractivity contribution < 1.29 is 19.5 Å². The highest BCUT2D eigenvalue weighted by atomic mass is 35.5. The van der Waals surface area contributed by atoms with Crippen molar-refractivity contribution in [3.8, 4) is 0 Å². The molecule has 2 aromatic rings. The van der Waals surface area contributed by atoms with Gasteiger partial charge >= 0.3 is 10.8 Å². The molecule has 2 aliphatic carbocycles. The van der Waals surface area contributed by atoms with E-state index in [1.165, 1.54) is 16.2 Å². The Bertz CT molecular complexity index is 1210. The van der Waals surface area contributed by atoms with Gasteiger partial charge in [0.2, 0.25) is 11.8 Å². The summed E-state index contributed by atoms with van der Waals surface area (Å²) in [4.78, 5) is 54.7. The SMILES string of the molecule is O=C(O)CCN1C(=O)[C@@H]2[C@H]3C[C@@H]([C@@H]2C1=O)[C@@H]1[C@@H](c2ccc(Cl)cc2)c2sc(=O)[nH]c2S[C@H]31. The Balaban J connectivity index is 1.41. The second-order valence-corrected chi connectivity index (χ2v) is 11.6. The molecule has 0 spiro atoms. The van der Waals surface area contributed by atoms with Gasteiger partial charge < -0.3 is 10.1 Å². The molecule has 4 aliphatic rings. The van der Waals surface area contributed by atoms with E-state index in [-0.39, 0.29) is 64.5 Å². The van der Waals surface area contributed by atoms with E-state index in [1.54, 1.807) is 11.8 Å². The lowest BCUT2D eigenvalue weighted by atomic mass is 9.68. The summed E-state index contributed by atoms with van der Waals surface area (Å²) in [6, 6.07) is 7.66. The van der Waals surface area contributed by atoms with Gasteiger partial charge in [0.1, 0.15) is 0 Å². The van der Waals surface area contributed by atoms with E-state index < -0.39 is 11.9 Å². The zero-order valence-electron chi connectivity index (χ0n) is 16.7. The number of carbonyl (C=O) groups is 3. The fraction of sp³-hybridized carbons (Fsp3) is 0.455. The molecule has 2 N–H and O–H groups in total. The second kappa shape index (κ2) is 7.20. The number of aromatic amines is 1. The largest absolute Gasteiger partial charge is 0.481 e. The number of H-pyrrole nitrogens is 1. The number of nitrogens with zero attached hydrogens (tertiary/aromatic N) is 1. The molecule has 3 heterocycles. The maximum absolute atomic E-state index is 13.2. The Morgan fingerprint density at radius 3 is 2.50 bits per heavy atom. The van der Waals surface area contributed by atoms with E-state index in [2.05, 4.69) is 4.98 Å². The normalized spacial score (nSPS) is 34.5. The summed E-state index contributed by atoms with van der Waals surface area (Å²) in [5.41, 5.74) is 1.06. The molecule has 32 heavy (non-hydrogen) atoms. The van der Waals surface area contributed by atoms with Crippen LogP contribution in [0.5, 0.6) is 0 Å². The number of likely N-dealkylation sites (tertiary alicyclic amines) is 1. The molecule has 7 nitrogen and oxygen atoms in total. The number of nitrogens with one attached hydrogen (secondary N) is 1.